The maximum atomic E-state index is 11.7. The van der Waals surface area contributed by atoms with Crippen molar-refractivity contribution >= 4 is 17.9 Å². The summed E-state index contributed by atoms with van der Waals surface area (Å²) in [5, 5.41) is 19.6. The molecule has 0 aromatic rings. The van der Waals surface area contributed by atoms with Gasteiger partial charge in [-0.3, -0.25) is 4.79 Å². The van der Waals surface area contributed by atoms with Crippen molar-refractivity contribution < 1.29 is 38.8 Å². The van der Waals surface area contributed by atoms with Crippen molar-refractivity contribution in [2.75, 3.05) is 0 Å². The highest BCUT2D eigenvalue weighted by molar-refractivity contribution is 5.83. The number of rotatable bonds is 0. The van der Waals surface area contributed by atoms with Gasteiger partial charge in [-0.2, -0.15) is 0 Å². The summed E-state index contributed by atoms with van der Waals surface area (Å²) in [5.74, 6) is -2.22. The van der Waals surface area contributed by atoms with Crippen molar-refractivity contribution in [2.24, 2.45) is 0 Å². The van der Waals surface area contributed by atoms with Crippen LogP contribution in [0, 0.1) is 0 Å². The monoisotopic (exact) mass is 342 g/mol. The van der Waals surface area contributed by atoms with Gasteiger partial charge in [0.25, 0.3) is 0 Å². The summed E-state index contributed by atoms with van der Waals surface area (Å²) in [6, 6.07) is 0. The van der Waals surface area contributed by atoms with Gasteiger partial charge in [0.15, 0.2) is 0 Å². The third-order valence-electron chi connectivity index (χ3n) is 3.21. The smallest absolute Gasteiger partial charge is 0.330 e. The average Bonchev–Trinajstić information content (AvgIpc) is 2.48. The minimum absolute atomic E-state index is 0.193. The number of aliphatic hydroxyl groups is 2. The average molecular weight is 342 g/mol. The molecule has 0 radical (unpaired) electrons. The fourth-order valence-electron chi connectivity index (χ4n) is 1.80. The van der Waals surface area contributed by atoms with Crippen LogP contribution in [-0.2, 0) is 28.6 Å². The van der Waals surface area contributed by atoms with Gasteiger partial charge in [-0.1, -0.05) is 0 Å². The predicted octanol–water partition coefficient (Wildman–Crippen LogP) is 0.0194. The Hall–Kier alpha value is -2.19. The van der Waals surface area contributed by atoms with E-state index >= 15 is 0 Å². The first-order chi connectivity index (χ1) is 11.2. The van der Waals surface area contributed by atoms with Crippen molar-refractivity contribution in [1.82, 2.24) is 0 Å². The standard InChI is InChI=1S/C16H22O8/c1-9-8-16(21)24-11(3)13(18)5-7-15(20)23-10(2)12(17)4-6-14(19)22-9/h4-7,9-13,17-18H,8H2,1-3H3/b6-4+,7-5+/t9-,10+,11+,12+,13+/m0/s1. The molecule has 0 spiro atoms. The van der Waals surface area contributed by atoms with Gasteiger partial charge in [-0.25, -0.2) is 9.59 Å². The highest BCUT2D eigenvalue weighted by Crippen LogP contribution is 2.08. The number of cyclic esters (lactones) is 3. The van der Waals surface area contributed by atoms with Gasteiger partial charge in [-0.05, 0) is 32.9 Å². The molecule has 8 heteroatoms. The number of carbonyl (C=O) groups excluding carboxylic acids is 3. The highest BCUT2D eigenvalue weighted by Gasteiger charge is 2.21. The zero-order valence-corrected chi connectivity index (χ0v) is 13.7. The number of hydrogen-bond donors (Lipinski definition) is 2. The van der Waals surface area contributed by atoms with Crippen molar-refractivity contribution in [3.05, 3.63) is 24.3 Å². The van der Waals surface area contributed by atoms with Gasteiger partial charge in [0.05, 0.1) is 6.42 Å². The second-order valence-electron chi connectivity index (χ2n) is 5.49. The molecule has 0 saturated heterocycles. The first-order valence-electron chi connectivity index (χ1n) is 7.52. The van der Waals surface area contributed by atoms with Gasteiger partial charge >= 0.3 is 17.9 Å². The Labute approximate surface area is 139 Å². The molecule has 1 rings (SSSR count). The van der Waals surface area contributed by atoms with Crippen molar-refractivity contribution in [3.63, 3.8) is 0 Å². The van der Waals surface area contributed by atoms with Crippen molar-refractivity contribution in [1.29, 1.82) is 0 Å². The van der Waals surface area contributed by atoms with Gasteiger partial charge < -0.3 is 24.4 Å². The van der Waals surface area contributed by atoms with E-state index in [9.17, 15) is 24.6 Å². The molecule has 0 bridgehead atoms. The summed E-state index contributed by atoms with van der Waals surface area (Å²) in [6.07, 6.45) is -0.961. The lowest BCUT2D eigenvalue weighted by atomic mass is 10.2. The van der Waals surface area contributed by atoms with Crippen LogP contribution >= 0.6 is 0 Å². The van der Waals surface area contributed by atoms with Gasteiger partial charge in [0.2, 0.25) is 0 Å². The maximum absolute atomic E-state index is 11.7. The molecule has 0 saturated carbocycles. The Morgan fingerprint density at radius 3 is 1.83 bits per heavy atom. The molecule has 1 aliphatic heterocycles. The highest BCUT2D eigenvalue weighted by atomic mass is 16.6. The van der Waals surface area contributed by atoms with E-state index in [1.165, 1.54) is 20.8 Å². The van der Waals surface area contributed by atoms with E-state index in [0.717, 1.165) is 24.3 Å². The van der Waals surface area contributed by atoms with E-state index in [1.807, 2.05) is 0 Å². The van der Waals surface area contributed by atoms with Crippen LogP contribution in [0.5, 0.6) is 0 Å². The fourth-order valence-corrected chi connectivity index (χ4v) is 1.80. The fraction of sp³-hybridized carbons (Fsp3) is 0.562. The molecule has 1 heterocycles. The Bertz CT molecular complexity index is 524. The maximum Gasteiger partial charge on any atom is 0.330 e. The SMILES string of the molecule is C[C@H]1CC(=O)O[C@H](C)[C@H](O)/C=C/C(=O)O[C@H](C)[C@H](O)/C=C/C(=O)O1. The largest absolute Gasteiger partial charge is 0.459 e. The molecule has 134 valence electrons. The lowest BCUT2D eigenvalue weighted by Gasteiger charge is -2.19. The van der Waals surface area contributed by atoms with Crippen LogP contribution in [-0.4, -0.2) is 58.6 Å². The topological polar surface area (TPSA) is 119 Å². The first kappa shape index (κ1) is 19.9. The van der Waals surface area contributed by atoms with Crippen molar-refractivity contribution in [2.45, 2.75) is 57.7 Å². The number of esters is 3. The molecule has 0 amide bonds. The van der Waals surface area contributed by atoms with Crippen LogP contribution in [0.3, 0.4) is 0 Å². The molecule has 0 fully saturated rings. The number of ether oxygens (including phenoxy) is 3. The second-order valence-corrected chi connectivity index (χ2v) is 5.49. The van der Waals surface area contributed by atoms with Crippen LogP contribution in [0.25, 0.3) is 0 Å². The molecular weight excluding hydrogens is 320 g/mol. The summed E-state index contributed by atoms with van der Waals surface area (Å²) in [4.78, 5) is 34.9. The molecule has 0 aromatic carbocycles. The van der Waals surface area contributed by atoms with Gasteiger partial charge in [0, 0.05) is 12.2 Å². The van der Waals surface area contributed by atoms with Crippen LogP contribution < -0.4 is 0 Å². The second kappa shape index (κ2) is 9.19. The summed E-state index contributed by atoms with van der Waals surface area (Å²) in [7, 11) is 0. The molecule has 0 aliphatic carbocycles. The zero-order valence-electron chi connectivity index (χ0n) is 13.7. The molecule has 0 aromatic heterocycles. The Balaban J connectivity index is 2.91. The minimum Gasteiger partial charge on any atom is -0.459 e. The van der Waals surface area contributed by atoms with Gasteiger partial charge in [0.1, 0.15) is 30.5 Å². The van der Waals surface area contributed by atoms with E-state index in [2.05, 4.69) is 0 Å². The van der Waals surface area contributed by atoms with Crippen LogP contribution in [0.2, 0.25) is 0 Å². The Morgan fingerprint density at radius 1 is 0.833 bits per heavy atom. The Morgan fingerprint density at radius 2 is 1.29 bits per heavy atom. The van der Waals surface area contributed by atoms with E-state index in [-0.39, 0.29) is 6.42 Å². The number of hydrogen-bond acceptors (Lipinski definition) is 8. The number of carbonyl (C=O) groups is 3. The molecule has 24 heavy (non-hydrogen) atoms. The molecule has 5 atom stereocenters. The van der Waals surface area contributed by atoms with E-state index < -0.39 is 48.4 Å². The number of aliphatic hydroxyl groups excluding tert-OH is 2. The first-order valence-corrected chi connectivity index (χ1v) is 7.52. The third-order valence-corrected chi connectivity index (χ3v) is 3.21. The Kier molecular flexibility index (Phi) is 7.60. The summed E-state index contributed by atoms with van der Waals surface area (Å²) >= 11 is 0. The van der Waals surface area contributed by atoms with E-state index in [0.29, 0.717) is 0 Å². The van der Waals surface area contributed by atoms with Crippen LogP contribution in [0.4, 0.5) is 0 Å². The van der Waals surface area contributed by atoms with Crippen LogP contribution in [0.15, 0.2) is 24.3 Å². The molecule has 0 unspecified atom stereocenters. The lowest BCUT2D eigenvalue weighted by Crippen LogP contribution is -2.30. The zero-order chi connectivity index (χ0) is 18.3. The molecule has 8 nitrogen and oxygen atoms in total. The van der Waals surface area contributed by atoms with Crippen molar-refractivity contribution in [3.8, 4) is 0 Å². The third kappa shape index (κ3) is 6.93. The summed E-state index contributed by atoms with van der Waals surface area (Å²) < 4.78 is 14.9. The minimum atomic E-state index is -1.22. The molecular formula is C16H22O8. The van der Waals surface area contributed by atoms with E-state index in [4.69, 9.17) is 14.2 Å². The van der Waals surface area contributed by atoms with E-state index in [1.54, 1.807) is 0 Å². The predicted molar refractivity (Wildman–Crippen MR) is 81.6 cm³/mol. The lowest BCUT2D eigenvalue weighted by molar-refractivity contribution is -0.157. The molecule has 1 aliphatic rings. The normalized spacial score (nSPS) is 36.2. The quantitative estimate of drug-likeness (QED) is 0.467. The summed E-state index contributed by atoms with van der Waals surface area (Å²) in [6.45, 7) is 4.41. The molecule has 2 N–H and O–H groups in total. The van der Waals surface area contributed by atoms with Gasteiger partial charge in [-0.15, -0.1) is 0 Å². The summed E-state index contributed by atoms with van der Waals surface area (Å²) in [5.41, 5.74) is 0. The van der Waals surface area contributed by atoms with Crippen LogP contribution in [0.1, 0.15) is 27.2 Å².